The van der Waals surface area contributed by atoms with Crippen molar-refractivity contribution < 1.29 is 0 Å². The molecule has 0 bridgehead atoms. The molecular formula is C11H16BrNS. The Bertz CT molecular complexity index is 291. The molecule has 1 nitrogen and oxygen atoms in total. The Labute approximate surface area is 98.0 Å². The van der Waals surface area contributed by atoms with Crippen LogP contribution in [0.3, 0.4) is 0 Å². The van der Waals surface area contributed by atoms with Crippen LogP contribution in [0.25, 0.3) is 0 Å². The third-order valence-corrected chi connectivity index (χ3v) is 4.79. The first kappa shape index (κ1) is 10.7. The van der Waals surface area contributed by atoms with Gasteiger partial charge in [-0.25, -0.2) is 0 Å². The maximum atomic E-state index is 3.53. The van der Waals surface area contributed by atoms with Crippen LogP contribution in [0.4, 0.5) is 0 Å². The average molecular weight is 274 g/mol. The first-order valence-electron chi connectivity index (χ1n) is 5.24. The van der Waals surface area contributed by atoms with E-state index in [2.05, 4.69) is 40.4 Å². The van der Waals surface area contributed by atoms with E-state index in [0.717, 1.165) is 5.92 Å². The predicted octanol–water partition coefficient (Wildman–Crippen LogP) is 3.96. The van der Waals surface area contributed by atoms with Gasteiger partial charge in [0, 0.05) is 10.9 Å². The first-order valence-corrected chi connectivity index (χ1v) is 6.84. The summed E-state index contributed by atoms with van der Waals surface area (Å²) in [5, 5.41) is 3.46. The van der Waals surface area contributed by atoms with Crippen molar-refractivity contribution in [2.45, 2.75) is 31.7 Å². The smallest absolute Gasteiger partial charge is 0.0701 e. The van der Waals surface area contributed by atoms with Crippen molar-refractivity contribution in [1.82, 2.24) is 5.32 Å². The predicted molar refractivity (Wildman–Crippen MR) is 65.8 cm³/mol. The second kappa shape index (κ2) is 4.77. The van der Waals surface area contributed by atoms with E-state index in [1.165, 1.54) is 34.3 Å². The fourth-order valence-corrected chi connectivity index (χ4v) is 4.02. The number of halogens is 1. The van der Waals surface area contributed by atoms with Crippen molar-refractivity contribution in [2.75, 3.05) is 7.05 Å². The van der Waals surface area contributed by atoms with Crippen molar-refractivity contribution >= 4 is 27.3 Å². The van der Waals surface area contributed by atoms with Crippen LogP contribution in [0, 0.1) is 5.92 Å². The maximum absolute atomic E-state index is 3.53. The molecule has 1 aromatic rings. The Balaban J connectivity index is 2.12. The molecule has 0 aromatic carbocycles. The van der Waals surface area contributed by atoms with Gasteiger partial charge >= 0.3 is 0 Å². The van der Waals surface area contributed by atoms with Gasteiger partial charge in [0.15, 0.2) is 0 Å². The summed E-state index contributed by atoms with van der Waals surface area (Å²) in [6.07, 6.45) is 5.60. The van der Waals surface area contributed by atoms with Gasteiger partial charge in [-0.3, -0.25) is 0 Å². The van der Waals surface area contributed by atoms with Crippen LogP contribution in [-0.4, -0.2) is 7.05 Å². The van der Waals surface area contributed by atoms with E-state index in [1.54, 1.807) is 0 Å². The van der Waals surface area contributed by atoms with E-state index in [-0.39, 0.29) is 0 Å². The minimum Gasteiger partial charge on any atom is -0.312 e. The van der Waals surface area contributed by atoms with Crippen LogP contribution in [0.5, 0.6) is 0 Å². The zero-order valence-corrected chi connectivity index (χ0v) is 10.8. The zero-order chi connectivity index (χ0) is 9.97. The summed E-state index contributed by atoms with van der Waals surface area (Å²) >= 11 is 5.39. The zero-order valence-electron chi connectivity index (χ0n) is 8.42. The van der Waals surface area contributed by atoms with Gasteiger partial charge in [-0.05, 0) is 53.9 Å². The van der Waals surface area contributed by atoms with Crippen molar-refractivity contribution in [1.29, 1.82) is 0 Å². The SMILES string of the molecule is CNC(c1ccc(Br)s1)C1CCCC1. The van der Waals surface area contributed by atoms with Crippen LogP contribution >= 0.6 is 27.3 Å². The summed E-state index contributed by atoms with van der Waals surface area (Å²) in [6.45, 7) is 0. The van der Waals surface area contributed by atoms with Gasteiger partial charge in [0.25, 0.3) is 0 Å². The van der Waals surface area contributed by atoms with Gasteiger partial charge in [-0.2, -0.15) is 0 Å². The van der Waals surface area contributed by atoms with Gasteiger partial charge < -0.3 is 5.32 Å². The number of thiophene rings is 1. The Morgan fingerprint density at radius 2 is 2.14 bits per heavy atom. The van der Waals surface area contributed by atoms with Gasteiger partial charge in [-0.15, -0.1) is 11.3 Å². The summed E-state index contributed by atoms with van der Waals surface area (Å²) in [7, 11) is 2.08. The summed E-state index contributed by atoms with van der Waals surface area (Å²) in [4.78, 5) is 1.48. The van der Waals surface area contributed by atoms with Gasteiger partial charge in [0.05, 0.1) is 3.79 Å². The highest BCUT2D eigenvalue weighted by molar-refractivity contribution is 9.11. The Morgan fingerprint density at radius 1 is 1.43 bits per heavy atom. The molecule has 1 aliphatic rings. The molecule has 0 saturated heterocycles. The number of nitrogens with one attached hydrogen (secondary N) is 1. The van der Waals surface area contributed by atoms with Crippen molar-refractivity contribution in [3.8, 4) is 0 Å². The van der Waals surface area contributed by atoms with E-state index < -0.39 is 0 Å². The van der Waals surface area contributed by atoms with Crippen LogP contribution < -0.4 is 5.32 Å². The van der Waals surface area contributed by atoms with Crippen LogP contribution in [0.15, 0.2) is 15.9 Å². The van der Waals surface area contributed by atoms with Gasteiger partial charge in [0.1, 0.15) is 0 Å². The summed E-state index contributed by atoms with van der Waals surface area (Å²) < 4.78 is 1.24. The molecule has 1 atom stereocenters. The average Bonchev–Trinajstić information content (AvgIpc) is 2.79. The highest BCUT2D eigenvalue weighted by atomic mass is 79.9. The lowest BCUT2D eigenvalue weighted by Crippen LogP contribution is -2.22. The molecule has 0 spiro atoms. The molecule has 14 heavy (non-hydrogen) atoms. The van der Waals surface area contributed by atoms with E-state index in [0.29, 0.717) is 6.04 Å². The Morgan fingerprint density at radius 3 is 2.64 bits per heavy atom. The number of hydrogen-bond acceptors (Lipinski definition) is 2. The van der Waals surface area contributed by atoms with Gasteiger partial charge in [0.2, 0.25) is 0 Å². The Hall–Kier alpha value is 0.140. The van der Waals surface area contributed by atoms with E-state index in [1.807, 2.05) is 11.3 Å². The third-order valence-electron chi connectivity index (χ3n) is 3.08. The monoisotopic (exact) mass is 273 g/mol. The second-order valence-electron chi connectivity index (χ2n) is 3.95. The lowest BCUT2D eigenvalue weighted by Gasteiger charge is -2.21. The fraction of sp³-hybridized carbons (Fsp3) is 0.636. The molecule has 1 N–H and O–H groups in total. The van der Waals surface area contributed by atoms with E-state index in [9.17, 15) is 0 Å². The topological polar surface area (TPSA) is 12.0 Å². The van der Waals surface area contributed by atoms with Crippen LogP contribution in [0.2, 0.25) is 0 Å². The number of rotatable bonds is 3. The lowest BCUT2D eigenvalue weighted by molar-refractivity contribution is 0.395. The Kier molecular flexibility index (Phi) is 3.63. The fourth-order valence-electron chi connectivity index (χ4n) is 2.40. The largest absolute Gasteiger partial charge is 0.312 e. The molecule has 0 radical (unpaired) electrons. The van der Waals surface area contributed by atoms with Crippen molar-refractivity contribution in [3.63, 3.8) is 0 Å². The first-order chi connectivity index (χ1) is 6.81. The molecule has 1 aliphatic carbocycles. The van der Waals surface area contributed by atoms with Crippen molar-refractivity contribution in [2.24, 2.45) is 5.92 Å². The lowest BCUT2D eigenvalue weighted by atomic mass is 9.97. The molecule has 1 unspecified atom stereocenters. The van der Waals surface area contributed by atoms with Crippen LogP contribution in [-0.2, 0) is 0 Å². The minimum absolute atomic E-state index is 0.578. The highest BCUT2D eigenvalue weighted by Gasteiger charge is 2.25. The number of hydrogen-bond donors (Lipinski definition) is 1. The molecular weight excluding hydrogens is 258 g/mol. The molecule has 78 valence electrons. The molecule has 0 aliphatic heterocycles. The van der Waals surface area contributed by atoms with Crippen LogP contribution in [0.1, 0.15) is 36.6 Å². The van der Waals surface area contributed by atoms with Gasteiger partial charge in [-0.1, -0.05) is 12.8 Å². The summed E-state index contributed by atoms with van der Waals surface area (Å²) in [6, 6.07) is 4.97. The standard InChI is InChI=1S/C11H16BrNS/c1-13-11(8-4-2-3-5-8)9-6-7-10(12)14-9/h6-8,11,13H,2-5H2,1H3. The molecule has 1 aromatic heterocycles. The molecule has 0 amide bonds. The van der Waals surface area contributed by atoms with E-state index >= 15 is 0 Å². The maximum Gasteiger partial charge on any atom is 0.0701 e. The molecule has 2 rings (SSSR count). The molecule has 1 saturated carbocycles. The quantitative estimate of drug-likeness (QED) is 0.879. The normalized spacial score (nSPS) is 20.1. The molecule has 1 fully saturated rings. The summed E-state index contributed by atoms with van der Waals surface area (Å²) in [5.74, 6) is 0.852. The second-order valence-corrected chi connectivity index (χ2v) is 6.45. The van der Waals surface area contributed by atoms with Crippen molar-refractivity contribution in [3.05, 3.63) is 20.8 Å². The minimum atomic E-state index is 0.578. The highest BCUT2D eigenvalue weighted by Crippen LogP contribution is 2.38. The molecule has 3 heteroatoms. The molecule has 1 heterocycles. The third kappa shape index (κ3) is 2.20. The summed E-state index contributed by atoms with van der Waals surface area (Å²) in [5.41, 5.74) is 0. The van der Waals surface area contributed by atoms with E-state index in [4.69, 9.17) is 0 Å².